The zero-order valence-corrected chi connectivity index (χ0v) is 24.1. The van der Waals surface area contributed by atoms with Gasteiger partial charge in [-0.15, -0.1) is 0 Å². The number of imidazole rings is 1. The number of nitrogens with zero attached hydrogens (tertiary/aromatic N) is 5. The summed E-state index contributed by atoms with van der Waals surface area (Å²) in [5.41, 5.74) is 8.45. The van der Waals surface area contributed by atoms with Crippen molar-refractivity contribution in [3.05, 3.63) is 56.2 Å². The molecular formula is C31H42N6O3. The molecule has 0 aliphatic heterocycles. The third kappa shape index (κ3) is 5.57. The number of fused-ring (bicyclic) bond motifs is 1. The van der Waals surface area contributed by atoms with Crippen LogP contribution in [0, 0.1) is 0 Å². The van der Waals surface area contributed by atoms with Crippen LogP contribution >= 0.6 is 0 Å². The van der Waals surface area contributed by atoms with Crippen LogP contribution in [0.4, 0.5) is 0 Å². The average Bonchev–Trinajstić information content (AvgIpc) is 3.29. The summed E-state index contributed by atoms with van der Waals surface area (Å²) in [7, 11) is 5.82. The van der Waals surface area contributed by atoms with Gasteiger partial charge in [-0.2, -0.15) is 0 Å². The summed E-state index contributed by atoms with van der Waals surface area (Å²) in [5, 5.41) is 0. The molecule has 2 N–H and O–H groups in total. The normalized spacial score (nSPS) is 17.6. The van der Waals surface area contributed by atoms with Crippen molar-refractivity contribution in [3.63, 3.8) is 0 Å². The molecule has 5 rings (SSSR count). The maximum absolute atomic E-state index is 14.0. The van der Waals surface area contributed by atoms with Crippen LogP contribution in [0.2, 0.25) is 0 Å². The van der Waals surface area contributed by atoms with Crippen LogP contribution in [0.5, 0.6) is 0 Å². The summed E-state index contributed by atoms with van der Waals surface area (Å²) in [6.45, 7) is 0.730. The molecule has 0 bridgehead atoms. The lowest BCUT2D eigenvalue weighted by molar-refractivity contribution is -0.114. The number of hydrogen-bond acceptors (Lipinski definition) is 5. The van der Waals surface area contributed by atoms with Gasteiger partial charge >= 0.3 is 5.69 Å². The standard InChI is InChI=1S/C31H42N6O3/c1-34(2)19-18-23(27(32)38)20-21-14-16-22(17-15-21)28-33-26-29(35(28)3)36(24-10-6-4-7-11-24)31(40)37(30(26)39)25-12-8-5-9-13-25/h14-17,20,24-25H,4-13,18-19H2,1-3H3,(H2,32,38)/b23-20+. The van der Waals surface area contributed by atoms with Gasteiger partial charge in [-0.25, -0.2) is 9.78 Å². The van der Waals surface area contributed by atoms with E-state index >= 15 is 0 Å². The third-order valence-corrected chi connectivity index (χ3v) is 8.66. The number of carbonyl (C=O) groups excluding carboxylic acids is 1. The number of aromatic nitrogens is 4. The predicted molar refractivity (Wildman–Crippen MR) is 159 cm³/mol. The molecule has 2 fully saturated rings. The molecule has 1 amide bonds. The number of benzene rings is 1. The SMILES string of the molecule is CN(C)CC/C(=C\c1ccc(-c2nc3c(=O)n(C4CCCCC4)c(=O)n(C4CCCCC4)c3n2C)cc1)C(N)=O. The zero-order chi connectivity index (χ0) is 28.4. The van der Waals surface area contributed by atoms with Gasteiger partial charge in [-0.05, 0) is 57.8 Å². The smallest absolute Gasteiger partial charge is 0.333 e. The molecule has 2 aliphatic carbocycles. The van der Waals surface area contributed by atoms with Crippen molar-refractivity contribution in [3.8, 4) is 11.4 Å². The van der Waals surface area contributed by atoms with Gasteiger partial charge < -0.3 is 15.2 Å². The zero-order valence-electron chi connectivity index (χ0n) is 24.1. The van der Waals surface area contributed by atoms with Crippen LogP contribution in [-0.4, -0.2) is 50.1 Å². The van der Waals surface area contributed by atoms with Crippen molar-refractivity contribution < 1.29 is 4.79 Å². The first-order valence-corrected chi connectivity index (χ1v) is 14.7. The fourth-order valence-corrected chi connectivity index (χ4v) is 6.44. The summed E-state index contributed by atoms with van der Waals surface area (Å²) in [6, 6.07) is 7.77. The van der Waals surface area contributed by atoms with E-state index < -0.39 is 5.91 Å². The molecule has 0 unspecified atom stereocenters. The van der Waals surface area contributed by atoms with Crippen molar-refractivity contribution >= 4 is 23.1 Å². The monoisotopic (exact) mass is 546 g/mol. The Hall–Kier alpha value is -3.46. The molecule has 214 valence electrons. The van der Waals surface area contributed by atoms with Crippen LogP contribution in [-0.2, 0) is 11.8 Å². The second kappa shape index (κ2) is 12.0. The Bertz CT molecular complexity index is 1510. The van der Waals surface area contributed by atoms with E-state index in [2.05, 4.69) is 0 Å². The minimum absolute atomic E-state index is 0.0588. The largest absolute Gasteiger partial charge is 0.366 e. The lowest BCUT2D eigenvalue weighted by Gasteiger charge is -2.28. The molecule has 0 spiro atoms. The van der Waals surface area contributed by atoms with Crippen LogP contribution in [0.3, 0.4) is 0 Å². The highest BCUT2D eigenvalue weighted by Gasteiger charge is 2.29. The highest BCUT2D eigenvalue weighted by Crippen LogP contribution is 2.32. The Morgan fingerprint density at radius 2 is 1.52 bits per heavy atom. The molecule has 2 aromatic heterocycles. The van der Waals surface area contributed by atoms with Crippen molar-refractivity contribution in [1.82, 2.24) is 23.6 Å². The number of primary amides is 1. The first-order chi connectivity index (χ1) is 19.3. The Balaban J connectivity index is 1.60. The van der Waals surface area contributed by atoms with E-state index in [4.69, 9.17) is 10.7 Å². The van der Waals surface area contributed by atoms with Crippen LogP contribution in [0.1, 0.15) is 88.3 Å². The van der Waals surface area contributed by atoms with Gasteiger partial charge in [0.15, 0.2) is 11.2 Å². The predicted octanol–water partition coefficient (Wildman–Crippen LogP) is 4.39. The Morgan fingerprint density at radius 1 is 0.950 bits per heavy atom. The van der Waals surface area contributed by atoms with E-state index in [1.54, 1.807) is 0 Å². The van der Waals surface area contributed by atoms with Gasteiger partial charge in [0, 0.05) is 36.8 Å². The number of aryl methyl sites for hydroxylation is 1. The summed E-state index contributed by atoms with van der Waals surface area (Å²) in [4.78, 5) is 46.7. The molecule has 0 saturated heterocycles. The van der Waals surface area contributed by atoms with Gasteiger partial charge in [0.25, 0.3) is 5.56 Å². The average molecular weight is 547 g/mol. The summed E-state index contributed by atoms with van der Waals surface area (Å²) in [6.07, 6.45) is 12.6. The van der Waals surface area contributed by atoms with Crippen molar-refractivity contribution in [2.45, 2.75) is 82.7 Å². The molecule has 9 heteroatoms. The van der Waals surface area contributed by atoms with Crippen LogP contribution in [0.25, 0.3) is 28.6 Å². The lowest BCUT2D eigenvalue weighted by Crippen LogP contribution is -2.44. The third-order valence-electron chi connectivity index (χ3n) is 8.66. The van der Waals surface area contributed by atoms with E-state index in [0.29, 0.717) is 29.0 Å². The minimum atomic E-state index is -0.420. The number of rotatable bonds is 8. The van der Waals surface area contributed by atoms with Gasteiger partial charge in [0.05, 0.1) is 0 Å². The van der Waals surface area contributed by atoms with Crippen molar-refractivity contribution in [2.75, 3.05) is 20.6 Å². The van der Waals surface area contributed by atoms with E-state index in [9.17, 15) is 14.4 Å². The molecule has 9 nitrogen and oxygen atoms in total. The molecular weight excluding hydrogens is 504 g/mol. The molecule has 1 aromatic carbocycles. The van der Waals surface area contributed by atoms with E-state index in [1.165, 1.54) is 11.0 Å². The molecule has 3 aromatic rings. The van der Waals surface area contributed by atoms with Gasteiger partial charge in [0.1, 0.15) is 5.82 Å². The van der Waals surface area contributed by atoms with Gasteiger partial charge in [-0.3, -0.25) is 18.7 Å². The lowest BCUT2D eigenvalue weighted by atomic mass is 9.94. The molecule has 0 atom stereocenters. The van der Waals surface area contributed by atoms with Crippen molar-refractivity contribution in [1.29, 1.82) is 0 Å². The van der Waals surface area contributed by atoms with E-state index in [-0.39, 0.29) is 23.3 Å². The van der Waals surface area contributed by atoms with Crippen LogP contribution < -0.4 is 17.0 Å². The van der Waals surface area contributed by atoms with Gasteiger partial charge in [0.2, 0.25) is 5.91 Å². The number of nitrogens with two attached hydrogens (primary N) is 1. The number of hydrogen-bond donors (Lipinski definition) is 1. The highest BCUT2D eigenvalue weighted by molar-refractivity contribution is 5.96. The Morgan fingerprint density at radius 3 is 2.08 bits per heavy atom. The highest BCUT2D eigenvalue weighted by atomic mass is 16.2. The summed E-state index contributed by atoms with van der Waals surface area (Å²) in [5.74, 6) is 0.229. The van der Waals surface area contributed by atoms with Gasteiger partial charge in [-0.1, -0.05) is 62.8 Å². The second-order valence-corrected chi connectivity index (χ2v) is 11.8. The molecule has 40 heavy (non-hydrogen) atoms. The van der Waals surface area contributed by atoms with Crippen molar-refractivity contribution in [2.24, 2.45) is 12.8 Å². The first kappa shape index (κ1) is 28.1. The number of amides is 1. The Labute approximate surface area is 235 Å². The maximum atomic E-state index is 14.0. The summed E-state index contributed by atoms with van der Waals surface area (Å²) >= 11 is 0. The topological polar surface area (TPSA) is 108 Å². The first-order valence-electron chi connectivity index (χ1n) is 14.7. The maximum Gasteiger partial charge on any atom is 0.333 e. The second-order valence-electron chi connectivity index (χ2n) is 11.8. The molecule has 2 saturated carbocycles. The van der Waals surface area contributed by atoms with Crippen LogP contribution in [0.15, 0.2) is 39.4 Å². The van der Waals surface area contributed by atoms with E-state index in [0.717, 1.165) is 75.5 Å². The number of carbonyl (C=O) groups is 1. The summed E-state index contributed by atoms with van der Waals surface area (Å²) < 4.78 is 5.33. The molecule has 2 heterocycles. The van der Waals surface area contributed by atoms with E-state index in [1.807, 2.05) is 65.5 Å². The molecule has 2 aliphatic rings. The fourth-order valence-electron chi connectivity index (χ4n) is 6.44. The fraction of sp³-hybridized carbons (Fsp3) is 0.548. The Kier molecular flexibility index (Phi) is 8.40. The molecule has 0 radical (unpaired) electrons. The minimum Gasteiger partial charge on any atom is -0.366 e. The quantitative estimate of drug-likeness (QED) is 0.422.